The molecule has 1 atom stereocenters. The molecule has 0 bridgehead atoms. The third-order valence-corrected chi connectivity index (χ3v) is 14.2. The van der Waals surface area contributed by atoms with Crippen molar-refractivity contribution in [1.82, 2.24) is 0 Å². The van der Waals surface area contributed by atoms with E-state index in [1.807, 2.05) is 0 Å². The molecule has 0 saturated carbocycles. The van der Waals surface area contributed by atoms with E-state index in [4.69, 9.17) is 14.2 Å². The predicted octanol–water partition coefficient (Wildman–Crippen LogP) is 22.1. The molecule has 0 aliphatic heterocycles. The van der Waals surface area contributed by atoms with Crippen LogP contribution in [-0.4, -0.2) is 37.2 Å². The minimum atomic E-state index is -0.788. The Balaban J connectivity index is 4.26. The van der Waals surface area contributed by atoms with Gasteiger partial charge in [-0.2, -0.15) is 0 Å². The molecular weight excluding hydrogens is 925 g/mol. The number of hydrogen-bond acceptors (Lipinski definition) is 6. The molecular formula is C69H122O6. The molecule has 0 heterocycles. The first-order valence-electron chi connectivity index (χ1n) is 32.4. The quantitative estimate of drug-likeness (QED) is 0.0261. The fourth-order valence-corrected chi connectivity index (χ4v) is 9.31. The van der Waals surface area contributed by atoms with Gasteiger partial charge >= 0.3 is 17.9 Å². The molecule has 0 radical (unpaired) electrons. The Bertz CT molecular complexity index is 1390. The van der Waals surface area contributed by atoms with E-state index >= 15 is 0 Å². The van der Waals surface area contributed by atoms with Crippen LogP contribution < -0.4 is 0 Å². The Morgan fingerprint density at radius 3 is 0.827 bits per heavy atom. The van der Waals surface area contributed by atoms with Gasteiger partial charge in [0, 0.05) is 19.3 Å². The van der Waals surface area contributed by atoms with Gasteiger partial charge in [0.15, 0.2) is 6.10 Å². The zero-order valence-corrected chi connectivity index (χ0v) is 49.8. The summed E-state index contributed by atoms with van der Waals surface area (Å²) in [5.74, 6) is -0.895. The van der Waals surface area contributed by atoms with Gasteiger partial charge < -0.3 is 14.2 Å². The average Bonchev–Trinajstić information content (AvgIpc) is 3.41. The number of hydrogen-bond donors (Lipinski definition) is 0. The smallest absolute Gasteiger partial charge is 0.306 e. The van der Waals surface area contributed by atoms with Crippen molar-refractivity contribution in [2.45, 2.75) is 335 Å². The van der Waals surface area contributed by atoms with Gasteiger partial charge in [-0.25, -0.2) is 0 Å². The summed E-state index contributed by atoms with van der Waals surface area (Å²) in [6, 6.07) is 0. The molecule has 1 unspecified atom stereocenters. The van der Waals surface area contributed by atoms with Crippen LogP contribution in [-0.2, 0) is 28.6 Å². The molecule has 0 fully saturated rings. The lowest BCUT2D eigenvalue weighted by molar-refractivity contribution is -0.167. The lowest BCUT2D eigenvalue weighted by Gasteiger charge is -2.18. The summed E-state index contributed by atoms with van der Waals surface area (Å²) in [6.45, 7) is 6.53. The van der Waals surface area contributed by atoms with E-state index in [1.165, 1.54) is 180 Å². The number of carbonyl (C=O) groups is 3. The lowest BCUT2D eigenvalue weighted by atomic mass is 10.0. The summed E-state index contributed by atoms with van der Waals surface area (Å²) in [7, 11) is 0. The number of ether oxygens (including phenoxy) is 3. The Morgan fingerprint density at radius 2 is 0.520 bits per heavy atom. The topological polar surface area (TPSA) is 78.9 Å². The van der Waals surface area contributed by atoms with Crippen LogP contribution in [0, 0.1) is 0 Å². The van der Waals surface area contributed by atoms with Crippen LogP contribution in [0.15, 0.2) is 72.9 Å². The summed E-state index contributed by atoms with van der Waals surface area (Å²) in [5.41, 5.74) is 0. The first-order valence-corrected chi connectivity index (χ1v) is 32.4. The Morgan fingerprint density at radius 1 is 0.280 bits per heavy atom. The molecule has 0 aromatic carbocycles. The highest BCUT2D eigenvalue weighted by atomic mass is 16.6. The first-order chi connectivity index (χ1) is 37.0. The van der Waals surface area contributed by atoms with Gasteiger partial charge in [-0.05, 0) is 109 Å². The number of carbonyl (C=O) groups excluding carboxylic acids is 3. The van der Waals surface area contributed by atoms with Gasteiger partial charge in [0.1, 0.15) is 13.2 Å². The van der Waals surface area contributed by atoms with Gasteiger partial charge in [0.25, 0.3) is 0 Å². The molecule has 0 N–H and O–H groups in total. The Labute approximate surface area is 465 Å². The van der Waals surface area contributed by atoms with E-state index in [2.05, 4.69) is 93.7 Å². The zero-order valence-electron chi connectivity index (χ0n) is 49.8. The summed E-state index contributed by atoms with van der Waals surface area (Å²) < 4.78 is 16.9. The molecule has 434 valence electrons. The van der Waals surface area contributed by atoms with Crippen LogP contribution in [0.5, 0.6) is 0 Å². The van der Waals surface area contributed by atoms with E-state index in [1.54, 1.807) is 0 Å². The summed E-state index contributed by atoms with van der Waals surface area (Å²) in [5, 5.41) is 0. The fourth-order valence-electron chi connectivity index (χ4n) is 9.31. The van der Waals surface area contributed by atoms with Gasteiger partial charge in [-0.3, -0.25) is 14.4 Å². The molecule has 0 aliphatic carbocycles. The lowest BCUT2D eigenvalue weighted by Crippen LogP contribution is -2.30. The van der Waals surface area contributed by atoms with Crippen LogP contribution in [0.25, 0.3) is 0 Å². The molecule has 0 aromatic rings. The average molecular weight is 1050 g/mol. The third-order valence-electron chi connectivity index (χ3n) is 14.2. The minimum Gasteiger partial charge on any atom is -0.462 e. The van der Waals surface area contributed by atoms with Crippen LogP contribution in [0.3, 0.4) is 0 Å². The zero-order chi connectivity index (χ0) is 54.3. The maximum Gasteiger partial charge on any atom is 0.306 e. The van der Waals surface area contributed by atoms with E-state index < -0.39 is 6.10 Å². The maximum atomic E-state index is 12.9. The van der Waals surface area contributed by atoms with E-state index in [9.17, 15) is 14.4 Å². The van der Waals surface area contributed by atoms with Crippen molar-refractivity contribution >= 4 is 17.9 Å². The maximum absolute atomic E-state index is 12.9. The van der Waals surface area contributed by atoms with E-state index in [0.29, 0.717) is 19.3 Å². The second-order valence-electron chi connectivity index (χ2n) is 21.6. The van der Waals surface area contributed by atoms with Crippen molar-refractivity contribution in [3.05, 3.63) is 72.9 Å². The van der Waals surface area contributed by atoms with Crippen molar-refractivity contribution in [1.29, 1.82) is 0 Å². The van der Waals surface area contributed by atoms with Crippen molar-refractivity contribution in [2.75, 3.05) is 13.2 Å². The molecule has 6 heteroatoms. The van der Waals surface area contributed by atoms with Crippen LogP contribution in [0.4, 0.5) is 0 Å². The summed E-state index contributed by atoms with van der Waals surface area (Å²) in [6.07, 6.45) is 82.0. The summed E-state index contributed by atoms with van der Waals surface area (Å²) >= 11 is 0. The highest BCUT2D eigenvalue weighted by Gasteiger charge is 2.19. The molecule has 0 spiro atoms. The molecule has 0 amide bonds. The second-order valence-corrected chi connectivity index (χ2v) is 21.6. The van der Waals surface area contributed by atoms with Crippen molar-refractivity contribution in [3.63, 3.8) is 0 Å². The largest absolute Gasteiger partial charge is 0.462 e. The Kier molecular flexibility index (Phi) is 60.7. The molecule has 6 nitrogen and oxygen atoms in total. The number of unbranched alkanes of at least 4 members (excludes halogenated alkanes) is 36. The van der Waals surface area contributed by atoms with Gasteiger partial charge in [0.2, 0.25) is 0 Å². The predicted molar refractivity (Wildman–Crippen MR) is 325 cm³/mol. The highest BCUT2D eigenvalue weighted by molar-refractivity contribution is 5.71. The van der Waals surface area contributed by atoms with Gasteiger partial charge in [-0.15, -0.1) is 0 Å². The monoisotopic (exact) mass is 1050 g/mol. The van der Waals surface area contributed by atoms with Gasteiger partial charge in [0.05, 0.1) is 0 Å². The fraction of sp³-hybridized carbons (Fsp3) is 0.783. The third kappa shape index (κ3) is 61.6. The van der Waals surface area contributed by atoms with Crippen LogP contribution in [0.2, 0.25) is 0 Å². The normalized spacial score (nSPS) is 12.5. The standard InChI is InChI=1S/C69H122O6/c1-4-7-10-13-16-19-22-25-28-29-30-31-32-33-34-35-36-37-38-39-42-44-47-50-53-56-59-62-68(71)74-65-66(75-69(72)63-60-57-54-51-48-45-41-27-24-21-18-15-12-9-6-3)64-73-67(70)61-58-55-52-49-46-43-40-26-23-20-17-14-11-8-5-2/h9,12,18,21-22,25-27,29-30,40-41,66H,4-8,10-11,13-17,19-20,23-24,28,31-39,42-65H2,1-3H3/b12-9-,21-18-,25-22-,30-29-,40-26-,41-27-. The minimum absolute atomic E-state index is 0.0832. The number of allylic oxidation sites excluding steroid dienone is 12. The molecule has 0 aromatic heterocycles. The van der Waals surface area contributed by atoms with E-state index in [-0.39, 0.29) is 31.1 Å². The summed E-state index contributed by atoms with van der Waals surface area (Å²) in [4.78, 5) is 38.3. The SMILES string of the molecule is CC/C=C\C/C=C\C/C=C\CCCCCCCC(=O)OC(COC(=O)CCCCCCC/C=C\CCCCCCCC)COC(=O)CCCCCCCCCCCCCCCCC/C=C\C/C=C\CCCCCCC. The molecule has 0 aliphatic rings. The van der Waals surface area contributed by atoms with E-state index in [0.717, 1.165) is 109 Å². The van der Waals surface area contributed by atoms with Crippen molar-refractivity contribution in [3.8, 4) is 0 Å². The number of esters is 3. The molecule has 75 heavy (non-hydrogen) atoms. The van der Waals surface area contributed by atoms with Crippen molar-refractivity contribution in [2.24, 2.45) is 0 Å². The molecule has 0 saturated heterocycles. The van der Waals surface area contributed by atoms with Crippen LogP contribution >= 0.6 is 0 Å². The van der Waals surface area contributed by atoms with Crippen molar-refractivity contribution < 1.29 is 28.6 Å². The molecule has 0 rings (SSSR count). The second kappa shape index (κ2) is 63.4. The Hall–Kier alpha value is -3.15. The van der Waals surface area contributed by atoms with Gasteiger partial charge in [-0.1, -0.05) is 273 Å². The van der Waals surface area contributed by atoms with Crippen LogP contribution in [0.1, 0.15) is 329 Å². The first kappa shape index (κ1) is 71.8. The highest BCUT2D eigenvalue weighted by Crippen LogP contribution is 2.17. The number of rotatable bonds is 59.